The van der Waals surface area contributed by atoms with Gasteiger partial charge in [-0.25, -0.2) is 0 Å². The number of hydrogen-bond donors (Lipinski definition) is 1. The summed E-state index contributed by atoms with van der Waals surface area (Å²) in [5.41, 5.74) is 0. The van der Waals surface area contributed by atoms with Crippen LogP contribution in [0, 0.1) is 5.92 Å². The van der Waals surface area contributed by atoms with Crippen LogP contribution < -0.4 is 5.32 Å². The van der Waals surface area contributed by atoms with Gasteiger partial charge >= 0.3 is 0 Å². The molecule has 3 heterocycles. The lowest BCUT2D eigenvalue weighted by Crippen LogP contribution is -2.38. The van der Waals surface area contributed by atoms with E-state index in [1.54, 1.807) is 0 Å². The third-order valence-corrected chi connectivity index (χ3v) is 5.43. The van der Waals surface area contributed by atoms with Crippen LogP contribution in [0.25, 0.3) is 0 Å². The molecule has 1 aromatic heterocycles. The highest BCUT2D eigenvalue weighted by Crippen LogP contribution is 2.32. The highest BCUT2D eigenvalue weighted by Gasteiger charge is 2.32. The molecule has 1 aliphatic carbocycles. The van der Waals surface area contributed by atoms with Crippen LogP contribution in [0.3, 0.4) is 0 Å². The van der Waals surface area contributed by atoms with Crippen molar-refractivity contribution < 1.29 is 4.79 Å². The van der Waals surface area contributed by atoms with E-state index in [4.69, 9.17) is 0 Å². The molecular weight excluding hydrogens is 290 g/mol. The van der Waals surface area contributed by atoms with Gasteiger partial charge in [0.25, 0.3) is 0 Å². The van der Waals surface area contributed by atoms with Crippen molar-refractivity contribution in [2.45, 2.75) is 64.0 Å². The Hall–Kier alpha value is -1.43. The van der Waals surface area contributed by atoms with E-state index in [2.05, 4.69) is 25.0 Å². The highest BCUT2D eigenvalue weighted by molar-refractivity contribution is 5.78. The Labute approximate surface area is 137 Å². The van der Waals surface area contributed by atoms with Crippen LogP contribution in [0.1, 0.15) is 62.6 Å². The Kier molecular flexibility index (Phi) is 4.33. The van der Waals surface area contributed by atoms with Gasteiger partial charge in [0, 0.05) is 19.5 Å². The molecule has 0 aromatic carbocycles. The van der Waals surface area contributed by atoms with Crippen LogP contribution >= 0.6 is 0 Å². The first-order valence-electron chi connectivity index (χ1n) is 9.24. The molecule has 1 saturated heterocycles. The van der Waals surface area contributed by atoms with Gasteiger partial charge in [-0.1, -0.05) is 6.42 Å². The van der Waals surface area contributed by atoms with Crippen LogP contribution in [0.15, 0.2) is 0 Å². The van der Waals surface area contributed by atoms with Crippen molar-refractivity contribution in [3.8, 4) is 0 Å². The Morgan fingerprint density at radius 3 is 2.87 bits per heavy atom. The first-order valence-corrected chi connectivity index (χ1v) is 9.24. The van der Waals surface area contributed by atoms with Crippen molar-refractivity contribution in [3.63, 3.8) is 0 Å². The molecule has 6 nitrogen and oxygen atoms in total. The van der Waals surface area contributed by atoms with Crippen LogP contribution in [0.5, 0.6) is 0 Å². The number of carbonyl (C=O) groups excluding carboxylic acids is 1. The number of likely N-dealkylation sites (tertiary alicyclic amines) is 1. The van der Waals surface area contributed by atoms with Crippen LogP contribution in [0.4, 0.5) is 0 Å². The van der Waals surface area contributed by atoms with E-state index in [1.165, 1.54) is 32.1 Å². The fourth-order valence-electron chi connectivity index (χ4n) is 3.88. The molecule has 1 amide bonds. The molecule has 23 heavy (non-hydrogen) atoms. The maximum Gasteiger partial charge on any atom is 0.234 e. The Morgan fingerprint density at radius 1 is 1.09 bits per heavy atom. The molecule has 4 rings (SSSR count). The lowest BCUT2D eigenvalue weighted by Gasteiger charge is -2.23. The van der Waals surface area contributed by atoms with Crippen molar-refractivity contribution in [3.05, 3.63) is 11.6 Å². The van der Waals surface area contributed by atoms with Gasteiger partial charge in [-0.3, -0.25) is 9.69 Å². The fraction of sp³-hybridized carbons (Fsp3) is 0.824. The predicted octanol–water partition coefficient (Wildman–Crippen LogP) is 1.67. The summed E-state index contributed by atoms with van der Waals surface area (Å²) in [5, 5.41) is 12.0. The Bertz CT molecular complexity index is 565. The summed E-state index contributed by atoms with van der Waals surface area (Å²) >= 11 is 0. The second-order valence-electron chi connectivity index (χ2n) is 7.31. The second kappa shape index (κ2) is 6.59. The van der Waals surface area contributed by atoms with Crippen molar-refractivity contribution >= 4 is 5.91 Å². The monoisotopic (exact) mass is 317 g/mol. The zero-order valence-electron chi connectivity index (χ0n) is 13.8. The normalized spacial score (nSPS) is 25.1. The van der Waals surface area contributed by atoms with Gasteiger partial charge in [0.05, 0.1) is 12.6 Å². The summed E-state index contributed by atoms with van der Waals surface area (Å²) in [6, 6.07) is 0.265. The summed E-state index contributed by atoms with van der Waals surface area (Å²) in [6.45, 7) is 3.39. The number of aryl methyl sites for hydroxylation is 1. The van der Waals surface area contributed by atoms with Crippen molar-refractivity contribution in [2.75, 3.05) is 19.6 Å². The number of carbonyl (C=O) groups is 1. The van der Waals surface area contributed by atoms with Gasteiger partial charge in [0.1, 0.15) is 11.6 Å². The highest BCUT2D eigenvalue weighted by atomic mass is 16.2. The van der Waals surface area contributed by atoms with E-state index in [9.17, 15) is 4.79 Å². The van der Waals surface area contributed by atoms with E-state index in [-0.39, 0.29) is 11.9 Å². The third-order valence-electron chi connectivity index (χ3n) is 5.43. The fourth-order valence-corrected chi connectivity index (χ4v) is 3.88. The maximum atomic E-state index is 12.2. The van der Waals surface area contributed by atoms with Gasteiger partial charge in [-0.2, -0.15) is 0 Å². The maximum absolute atomic E-state index is 12.2. The van der Waals surface area contributed by atoms with Gasteiger partial charge in [-0.15, -0.1) is 10.2 Å². The summed E-state index contributed by atoms with van der Waals surface area (Å²) < 4.78 is 2.33. The molecule has 0 spiro atoms. The van der Waals surface area contributed by atoms with E-state index >= 15 is 0 Å². The second-order valence-corrected chi connectivity index (χ2v) is 7.31. The standard InChI is InChI=1S/C17H27N5O/c23-16(18-11-13-7-8-13)12-21-9-4-5-14(21)17-20-19-15-6-2-1-3-10-22(15)17/h13-14H,1-12H2,(H,18,23)/t14-/m1/s1. The smallest absolute Gasteiger partial charge is 0.234 e. The number of amides is 1. The van der Waals surface area contributed by atoms with E-state index in [0.29, 0.717) is 6.54 Å². The molecule has 2 fully saturated rings. The predicted molar refractivity (Wildman–Crippen MR) is 86.9 cm³/mol. The molecule has 1 aromatic rings. The molecule has 3 aliphatic rings. The molecule has 1 atom stereocenters. The van der Waals surface area contributed by atoms with Gasteiger partial charge in [-0.05, 0) is 51.0 Å². The van der Waals surface area contributed by atoms with Crippen LogP contribution in [-0.4, -0.2) is 45.2 Å². The molecule has 1 saturated carbocycles. The lowest BCUT2D eigenvalue weighted by atomic mass is 10.2. The molecular formula is C17H27N5O. The molecule has 6 heteroatoms. The quantitative estimate of drug-likeness (QED) is 0.897. The minimum absolute atomic E-state index is 0.166. The Balaban J connectivity index is 1.42. The molecule has 0 unspecified atom stereocenters. The van der Waals surface area contributed by atoms with Crippen LogP contribution in [0.2, 0.25) is 0 Å². The SMILES string of the molecule is O=C(CN1CCC[C@@H]1c1nnc2n1CCCCC2)NCC1CC1. The minimum Gasteiger partial charge on any atom is -0.355 e. The first kappa shape index (κ1) is 15.1. The average Bonchev–Trinajstić information content (AvgIpc) is 3.22. The van der Waals surface area contributed by atoms with E-state index < -0.39 is 0 Å². The summed E-state index contributed by atoms with van der Waals surface area (Å²) in [6.07, 6.45) is 9.54. The number of hydrogen-bond acceptors (Lipinski definition) is 4. The zero-order valence-corrected chi connectivity index (χ0v) is 13.8. The average molecular weight is 317 g/mol. The third kappa shape index (κ3) is 3.42. The minimum atomic E-state index is 0.166. The lowest BCUT2D eigenvalue weighted by molar-refractivity contribution is -0.122. The molecule has 0 bridgehead atoms. The van der Waals surface area contributed by atoms with Gasteiger partial charge in [0.2, 0.25) is 5.91 Å². The summed E-state index contributed by atoms with van der Waals surface area (Å²) in [5.74, 6) is 3.14. The molecule has 126 valence electrons. The molecule has 1 N–H and O–H groups in total. The van der Waals surface area contributed by atoms with Gasteiger partial charge in [0.15, 0.2) is 0 Å². The van der Waals surface area contributed by atoms with E-state index in [1.807, 2.05) is 0 Å². The molecule has 2 aliphatic heterocycles. The molecule has 0 radical (unpaired) electrons. The largest absolute Gasteiger partial charge is 0.355 e. The summed E-state index contributed by atoms with van der Waals surface area (Å²) in [7, 11) is 0. The number of aromatic nitrogens is 3. The number of fused-ring (bicyclic) bond motifs is 1. The van der Waals surface area contributed by atoms with Gasteiger partial charge < -0.3 is 9.88 Å². The number of nitrogens with zero attached hydrogens (tertiary/aromatic N) is 4. The Morgan fingerprint density at radius 2 is 2.00 bits per heavy atom. The number of nitrogens with one attached hydrogen (secondary N) is 1. The zero-order chi connectivity index (χ0) is 15.6. The first-order chi connectivity index (χ1) is 11.3. The van der Waals surface area contributed by atoms with E-state index in [0.717, 1.165) is 56.5 Å². The summed E-state index contributed by atoms with van der Waals surface area (Å²) in [4.78, 5) is 14.5. The van der Waals surface area contributed by atoms with Crippen molar-refractivity contribution in [1.82, 2.24) is 25.0 Å². The van der Waals surface area contributed by atoms with Crippen molar-refractivity contribution in [1.29, 1.82) is 0 Å². The number of rotatable bonds is 5. The van der Waals surface area contributed by atoms with Crippen LogP contribution in [-0.2, 0) is 17.8 Å². The van der Waals surface area contributed by atoms with Crippen molar-refractivity contribution in [2.24, 2.45) is 5.92 Å². The topological polar surface area (TPSA) is 63.1 Å².